The van der Waals surface area contributed by atoms with Crippen molar-refractivity contribution < 1.29 is 28.8 Å². The summed E-state index contributed by atoms with van der Waals surface area (Å²) in [6.45, 7) is 0. The minimum atomic E-state index is -0.0245. The molecule has 6 nitrogen and oxygen atoms in total. The van der Waals surface area contributed by atoms with E-state index >= 15 is 0 Å². The number of phenolic OH excluding ortho intramolecular Hbond substituents is 2. The summed E-state index contributed by atoms with van der Waals surface area (Å²) < 4.78 is 21.4. The van der Waals surface area contributed by atoms with Crippen molar-refractivity contribution in [1.29, 1.82) is 0 Å². The molecule has 2 aromatic carbocycles. The fourth-order valence-electron chi connectivity index (χ4n) is 2.50. The van der Waals surface area contributed by atoms with Crippen LogP contribution in [0.15, 0.2) is 34.7 Å². The van der Waals surface area contributed by atoms with Crippen molar-refractivity contribution in [3.63, 3.8) is 0 Å². The maximum Gasteiger partial charge on any atom is 0.203 e. The summed E-state index contributed by atoms with van der Waals surface area (Å²) in [6.07, 6.45) is 0. The molecule has 0 radical (unpaired) electrons. The minimum Gasteiger partial charge on any atom is -0.504 e. The summed E-state index contributed by atoms with van der Waals surface area (Å²) >= 11 is 0. The Morgan fingerprint density at radius 3 is 2.22 bits per heavy atom. The fraction of sp³-hybridized carbons (Fsp3) is 0.176. The maximum absolute atomic E-state index is 9.85. The minimum absolute atomic E-state index is 0.00356. The molecule has 3 aromatic rings. The first-order valence-electron chi connectivity index (χ1n) is 6.84. The van der Waals surface area contributed by atoms with Gasteiger partial charge in [0.15, 0.2) is 23.0 Å². The number of fused-ring (bicyclic) bond motifs is 1. The van der Waals surface area contributed by atoms with Gasteiger partial charge in [-0.2, -0.15) is 0 Å². The second-order valence-corrected chi connectivity index (χ2v) is 4.87. The summed E-state index contributed by atoms with van der Waals surface area (Å²) in [5.41, 5.74) is 1.13. The Labute approximate surface area is 132 Å². The zero-order valence-corrected chi connectivity index (χ0v) is 12.9. The Kier molecular flexibility index (Phi) is 3.65. The first-order valence-corrected chi connectivity index (χ1v) is 6.84. The molecule has 0 bridgehead atoms. The molecule has 1 aromatic heterocycles. The number of ether oxygens (including phenoxy) is 3. The molecule has 120 valence electrons. The molecule has 23 heavy (non-hydrogen) atoms. The first kappa shape index (κ1) is 14.9. The lowest BCUT2D eigenvalue weighted by molar-refractivity contribution is 0.333. The van der Waals surface area contributed by atoms with Gasteiger partial charge in [0.05, 0.1) is 26.9 Å². The van der Waals surface area contributed by atoms with Gasteiger partial charge in [0.1, 0.15) is 11.3 Å². The van der Waals surface area contributed by atoms with E-state index in [2.05, 4.69) is 0 Å². The van der Waals surface area contributed by atoms with Crippen molar-refractivity contribution in [2.45, 2.75) is 0 Å². The molecule has 0 unspecified atom stereocenters. The van der Waals surface area contributed by atoms with Gasteiger partial charge >= 0.3 is 0 Å². The van der Waals surface area contributed by atoms with Crippen molar-refractivity contribution >= 4 is 11.0 Å². The van der Waals surface area contributed by atoms with E-state index in [0.29, 0.717) is 28.4 Å². The molecular formula is C17H16O6. The van der Waals surface area contributed by atoms with Crippen LogP contribution in [0.3, 0.4) is 0 Å². The zero-order chi connectivity index (χ0) is 16.6. The normalized spacial score (nSPS) is 10.7. The molecule has 0 atom stereocenters. The van der Waals surface area contributed by atoms with Crippen LogP contribution < -0.4 is 14.2 Å². The number of furan rings is 1. The summed E-state index contributed by atoms with van der Waals surface area (Å²) in [4.78, 5) is 0. The Bertz CT molecular complexity index is 865. The first-order chi connectivity index (χ1) is 11.1. The van der Waals surface area contributed by atoms with Crippen LogP contribution in [-0.4, -0.2) is 31.5 Å². The Hall–Kier alpha value is -3.02. The molecule has 6 heteroatoms. The van der Waals surface area contributed by atoms with Gasteiger partial charge in [-0.05, 0) is 24.3 Å². The molecule has 0 aliphatic heterocycles. The van der Waals surface area contributed by atoms with E-state index in [-0.39, 0.29) is 17.2 Å². The summed E-state index contributed by atoms with van der Waals surface area (Å²) in [5.74, 6) is 1.44. The predicted molar refractivity (Wildman–Crippen MR) is 84.6 cm³/mol. The summed E-state index contributed by atoms with van der Waals surface area (Å²) in [6, 6.07) is 8.14. The largest absolute Gasteiger partial charge is 0.504 e. The van der Waals surface area contributed by atoms with E-state index in [4.69, 9.17) is 18.6 Å². The van der Waals surface area contributed by atoms with Gasteiger partial charge < -0.3 is 28.8 Å². The van der Waals surface area contributed by atoms with E-state index in [0.717, 1.165) is 5.39 Å². The molecule has 0 saturated heterocycles. The van der Waals surface area contributed by atoms with Gasteiger partial charge in [-0.25, -0.2) is 0 Å². The van der Waals surface area contributed by atoms with E-state index < -0.39 is 0 Å². The Morgan fingerprint density at radius 2 is 1.57 bits per heavy atom. The van der Waals surface area contributed by atoms with E-state index in [9.17, 15) is 10.2 Å². The molecule has 0 saturated carbocycles. The van der Waals surface area contributed by atoms with Gasteiger partial charge in [-0.15, -0.1) is 0 Å². The summed E-state index contributed by atoms with van der Waals surface area (Å²) in [7, 11) is 4.41. The van der Waals surface area contributed by atoms with Crippen LogP contribution in [0.2, 0.25) is 0 Å². The van der Waals surface area contributed by atoms with Crippen LogP contribution in [0.25, 0.3) is 22.3 Å². The molecule has 0 aliphatic carbocycles. The molecule has 0 spiro atoms. The van der Waals surface area contributed by atoms with E-state index in [1.54, 1.807) is 18.2 Å². The van der Waals surface area contributed by atoms with Crippen molar-refractivity contribution in [3.05, 3.63) is 30.3 Å². The van der Waals surface area contributed by atoms with Gasteiger partial charge in [-0.1, -0.05) is 0 Å². The number of aromatic hydroxyl groups is 2. The van der Waals surface area contributed by atoms with Crippen molar-refractivity contribution in [1.82, 2.24) is 0 Å². The number of methoxy groups -OCH3 is 3. The van der Waals surface area contributed by atoms with Crippen LogP contribution in [0.1, 0.15) is 0 Å². The van der Waals surface area contributed by atoms with Crippen molar-refractivity contribution in [2.75, 3.05) is 21.3 Å². The topological polar surface area (TPSA) is 81.3 Å². The van der Waals surface area contributed by atoms with Crippen LogP contribution in [-0.2, 0) is 0 Å². The number of rotatable bonds is 4. The molecule has 0 aliphatic rings. The average molecular weight is 316 g/mol. The molecule has 1 heterocycles. The van der Waals surface area contributed by atoms with Gasteiger partial charge in [0.25, 0.3) is 0 Å². The highest BCUT2D eigenvalue weighted by Gasteiger charge is 2.19. The second kappa shape index (κ2) is 5.64. The number of phenols is 2. The zero-order valence-electron chi connectivity index (χ0n) is 12.9. The number of benzene rings is 2. The van der Waals surface area contributed by atoms with E-state index in [1.807, 2.05) is 0 Å². The average Bonchev–Trinajstić information content (AvgIpc) is 2.95. The third-order valence-corrected chi connectivity index (χ3v) is 3.58. The lowest BCUT2D eigenvalue weighted by Gasteiger charge is -2.12. The fourth-order valence-corrected chi connectivity index (χ4v) is 2.50. The van der Waals surface area contributed by atoms with Crippen LogP contribution in [0, 0.1) is 0 Å². The lowest BCUT2D eigenvalue weighted by Crippen LogP contribution is -1.93. The predicted octanol–water partition coefficient (Wildman–Crippen LogP) is 3.54. The SMILES string of the molecule is COc1cc2cc(-c3ccc(O)c(OC)c3OC)oc2cc1O. The maximum atomic E-state index is 9.85. The Morgan fingerprint density at radius 1 is 0.826 bits per heavy atom. The highest BCUT2D eigenvalue weighted by atomic mass is 16.5. The smallest absolute Gasteiger partial charge is 0.203 e. The second-order valence-electron chi connectivity index (χ2n) is 4.87. The molecule has 2 N–H and O–H groups in total. The third kappa shape index (κ3) is 2.38. The highest BCUT2D eigenvalue weighted by Crippen LogP contribution is 2.45. The van der Waals surface area contributed by atoms with E-state index in [1.165, 1.54) is 33.5 Å². The van der Waals surface area contributed by atoms with Crippen LogP contribution in [0.4, 0.5) is 0 Å². The monoisotopic (exact) mass is 316 g/mol. The van der Waals surface area contributed by atoms with Crippen LogP contribution in [0.5, 0.6) is 28.7 Å². The third-order valence-electron chi connectivity index (χ3n) is 3.58. The molecular weight excluding hydrogens is 300 g/mol. The molecule has 3 rings (SSSR count). The molecule has 0 amide bonds. The van der Waals surface area contributed by atoms with Gasteiger partial charge in [0.2, 0.25) is 5.75 Å². The lowest BCUT2D eigenvalue weighted by atomic mass is 10.1. The van der Waals surface area contributed by atoms with Crippen molar-refractivity contribution in [2.24, 2.45) is 0 Å². The van der Waals surface area contributed by atoms with Gasteiger partial charge in [0, 0.05) is 11.5 Å². The number of hydrogen-bond acceptors (Lipinski definition) is 6. The standard InChI is InChI=1S/C17H16O6/c1-20-15-7-9-6-14(23-13(9)8-12(15)19)10-4-5-11(18)17(22-3)16(10)21-2/h4-8,18-19H,1-3H3. The summed E-state index contributed by atoms with van der Waals surface area (Å²) in [5, 5.41) is 20.5. The number of hydrogen-bond donors (Lipinski definition) is 2. The Balaban J connectivity index is 2.21. The quantitative estimate of drug-likeness (QED) is 0.766. The van der Waals surface area contributed by atoms with Crippen molar-refractivity contribution in [3.8, 4) is 40.1 Å². The van der Waals surface area contributed by atoms with Gasteiger partial charge in [-0.3, -0.25) is 0 Å². The van der Waals surface area contributed by atoms with Crippen LogP contribution >= 0.6 is 0 Å². The molecule has 0 fully saturated rings. The highest BCUT2D eigenvalue weighted by molar-refractivity contribution is 5.87.